The molecule has 6 heteroatoms. The molecule has 0 aromatic heterocycles. The molecule has 0 bridgehead atoms. The third-order valence-electron chi connectivity index (χ3n) is 6.22. The van der Waals surface area contributed by atoms with Gasteiger partial charge in [0.1, 0.15) is 8.67 Å². The van der Waals surface area contributed by atoms with E-state index in [4.69, 9.17) is 46.4 Å². The third kappa shape index (κ3) is 1.33. The van der Waals surface area contributed by atoms with E-state index in [-0.39, 0.29) is 0 Å². The molecule has 0 aromatic rings. The topological polar surface area (TPSA) is 34.1 Å². The number of rotatable bonds is 0. The smallest absolute Gasteiger partial charge is 0.209 e. The molecule has 3 aliphatic rings. The molecular formula is C16H20Cl4O2. The Morgan fingerprint density at radius 1 is 0.682 bits per heavy atom. The molecule has 22 heavy (non-hydrogen) atoms. The van der Waals surface area contributed by atoms with Gasteiger partial charge in [-0.05, 0) is 10.8 Å². The van der Waals surface area contributed by atoms with Gasteiger partial charge < -0.3 is 0 Å². The number of hydrogen-bond donors (Lipinski definition) is 0. The van der Waals surface area contributed by atoms with Crippen LogP contribution in [0.5, 0.6) is 0 Å². The summed E-state index contributed by atoms with van der Waals surface area (Å²) in [5.74, 6) is -1.82. The van der Waals surface area contributed by atoms with Crippen molar-refractivity contribution in [1.82, 2.24) is 0 Å². The first-order valence-corrected chi connectivity index (χ1v) is 8.91. The van der Waals surface area contributed by atoms with E-state index in [0.717, 1.165) is 0 Å². The minimum absolute atomic E-state index is 0.400. The quantitative estimate of drug-likeness (QED) is 0.442. The summed E-state index contributed by atoms with van der Waals surface area (Å²) in [5.41, 5.74) is -3.31. The van der Waals surface area contributed by atoms with Gasteiger partial charge in [-0.3, -0.25) is 9.59 Å². The minimum atomic E-state index is -1.30. The highest BCUT2D eigenvalue weighted by Crippen LogP contribution is 2.93. The number of Topliss-reactive ketones (excluding diaryl/α,β-unsaturated/α-hetero) is 2. The lowest BCUT2D eigenvalue weighted by molar-refractivity contribution is -0.151. The van der Waals surface area contributed by atoms with Crippen LogP contribution in [0.15, 0.2) is 0 Å². The maximum Gasteiger partial charge on any atom is 0.209 e. The number of carbonyl (C=O) groups excluding carboxylic acids is 2. The van der Waals surface area contributed by atoms with Crippen molar-refractivity contribution in [1.29, 1.82) is 0 Å². The molecule has 4 atom stereocenters. The van der Waals surface area contributed by atoms with Gasteiger partial charge >= 0.3 is 0 Å². The SMILES string of the molecule is CC(C)(C)C12C(=O)C(=O)C3(C(C)(C)C)C(C1C2(Cl)Cl)C3(Cl)Cl. The molecule has 0 heterocycles. The highest BCUT2D eigenvalue weighted by Gasteiger charge is 3.01. The highest BCUT2D eigenvalue weighted by atomic mass is 35.5. The fourth-order valence-electron chi connectivity index (χ4n) is 5.34. The van der Waals surface area contributed by atoms with Crippen LogP contribution in [0.25, 0.3) is 0 Å². The van der Waals surface area contributed by atoms with Crippen molar-refractivity contribution in [2.24, 2.45) is 33.5 Å². The Morgan fingerprint density at radius 3 is 1.09 bits per heavy atom. The molecule has 4 unspecified atom stereocenters. The van der Waals surface area contributed by atoms with Gasteiger partial charge in [0.2, 0.25) is 11.6 Å². The standard InChI is InChI=1S/C16H20Cl4O2/c1-11(2,3)13-7(15(13,17)18)8-14(12(4,5)6,16(8,19)20)10(22)9(13)21/h7-8H,1-6H3. The molecule has 3 rings (SSSR count). The van der Waals surface area contributed by atoms with Crippen LogP contribution < -0.4 is 0 Å². The Bertz CT molecular complexity index is 557. The molecule has 124 valence electrons. The normalized spacial score (nSPS) is 45.2. The summed E-state index contributed by atoms with van der Waals surface area (Å²) < 4.78 is -2.61. The number of carbonyl (C=O) groups is 2. The Balaban J connectivity index is 2.26. The second-order valence-corrected chi connectivity index (χ2v) is 11.7. The number of fused-ring (bicyclic) bond motifs is 3. The molecule has 3 fully saturated rings. The Morgan fingerprint density at radius 2 is 0.909 bits per heavy atom. The predicted octanol–water partition coefficient (Wildman–Crippen LogP) is 4.81. The van der Waals surface area contributed by atoms with Gasteiger partial charge in [0.25, 0.3) is 0 Å². The van der Waals surface area contributed by atoms with Crippen molar-refractivity contribution in [3.8, 4) is 0 Å². The van der Waals surface area contributed by atoms with E-state index in [1.54, 1.807) is 0 Å². The van der Waals surface area contributed by atoms with E-state index in [0.29, 0.717) is 0 Å². The zero-order valence-electron chi connectivity index (χ0n) is 13.5. The average molecular weight is 386 g/mol. The van der Waals surface area contributed by atoms with Crippen LogP contribution in [-0.2, 0) is 9.59 Å². The lowest BCUT2D eigenvalue weighted by Gasteiger charge is -2.39. The van der Waals surface area contributed by atoms with Gasteiger partial charge in [0, 0.05) is 11.8 Å². The van der Waals surface area contributed by atoms with Gasteiger partial charge in [0.15, 0.2) is 0 Å². The van der Waals surface area contributed by atoms with Crippen LogP contribution in [0.2, 0.25) is 0 Å². The Labute approximate surface area is 151 Å². The van der Waals surface area contributed by atoms with Gasteiger partial charge in [-0.15, -0.1) is 46.4 Å². The third-order valence-corrected chi connectivity index (χ3v) is 8.35. The molecule has 0 radical (unpaired) electrons. The second-order valence-electron chi connectivity index (χ2n) is 8.98. The van der Waals surface area contributed by atoms with E-state index in [2.05, 4.69) is 0 Å². The number of hydrogen-bond acceptors (Lipinski definition) is 2. The molecule has 3 aliphatic carbocycles. The van der Waals surface area contributed by atoms with Crippen molar-refractivity contribution in [3.63, 3.8) is 0 Å². The minimum Gasteiger partial charge on any atom is -0.290 e. The van der Waals surface area contributed by atoms with Gasteiger partial charge in [-0.1, -0.05) is 41.5 Å². The van der Waals surface area contributed by atoms with Gasteiger partial charge in [-0.2, -0.15) is 0 Å². The summed E-state index contributed by atoms with van der Waals surface area (Å²) in [6.45, 7) is 11.3. The van der Waals surface area contributed by atoms with Gasteiger partial charge in [0.05, 0.1) is 10.8 Å². The molecule has 0 amide bonds. The van der Waals surface area contributed by atoms with E-state index in [1.807, 2.05) is 41.5 Å². The van der Waals surface area contributed by atoms with Crippen LogP contribution in [0.3, 0.4) is 0 Å². The van der Waals surface area contributed by atoms with Crippen LogP contribution in [0.1, 0.15) is 41.5 Å². The summed E-state index contributed by atoms with van der Waals surface area (Å²) in [4.78, 5) is 26.2. The van der Waals surface area contributed by atoms with E-state index < -0.39 is 53.7 Å². The molecule has 0 aromatic carbocycles. The lowest BCUT2D eigenvalue weighted by Crippen LogP contribution is -2.50. The summed E-state index contributed by atoms with van der Waals surface area (Å²) in [6, 6.07) is 0. The van der Waals surface area contributed by atoms with Crippen LogP contribution in [0, 0.1) is 33.5 Å². The van der Waals surface area contributed by atoms with Crippen molar-refractivity contribution in [2.45, 2.75) is 50.2 Å². The van der Waals surface area contributed by atoms with Crippen LogP contribution >= 0.6 is 46.4 Å². The van der Waals surface area contributed by atoms with Crippen LogP contribution in [-0.4, -0.2) is 20.2 Å². The van der Waals surface area contributed by atoms with Crippen molar-refractivity contribution < 1.29 is 9.59 Å². The Hall–Kier alpha value is 0.500. The molecule has 2 nitrogen and oxygen atoms in total. The maximum absolute atomic E-state index is 13.1. The lowest BCUT2D eigenvalue weighted by atomic mass is 9.62. The fraction of sp³-hybridized carbons (Fsp3) is 0.875. The summed E-state index contributed by atoms with van der Waals surface area (Å²) in [5, 5.41) is 0. The molecule has 0 N–H and O–H groups in total. The molecule has 0 aliphatic heterocycles. The summed E-state index contributed by atoms with van der Waals surface area (Å²) in [7, 11) is 0. The summed E-state index contributed by atoms with van der Waals surface area (Å²) >= 11 is 26.2. The second kappa shape index (κ2) is 3.84. The van der Waals surface area contributed by atoms with E-state index >= 15 is 0 Å². The fourth-order valence-corrected chi connectivity index (χ4v) is 8.22. The first-order valence-electron chi connectivity index (χ1n) is 7.40. The number of halogens is 4. The molecule has 0 spiro atoms. The first-order chi connectivity index (χ1) is 9.55. The first kappa shape index (κ1) is 17.3. The zero-order valence-corrected chi connectivity index (χ0v) is 16.5. The molecular weight excluding hydrogens is 366 g/mol. The van der Waals surface area contributed by atoms with Crippen molar-refractivity contribution in [3.05, 3.63) is 0 Å². The van der Waals surface area contributed by atoms with E-state index in [9.17, 15) is 9.59 Å². The largest absolute Gasteiger partial charge is 0.290 e. The van der Waals surface area contributed by atoms with Crippen molar-refractivity contribution in [2.75, 3.05) is 0 Å². The number of alkyl halides is 4. The van der Waals surface area contributed by atoms with Gasteiger partial charge in [-0.25, -0.2) is 0 Å². The van der Waals surface area contributed by atoms with Crippen LogP contribution in [0.4, 0.5) is 0 Å². The predicted molar refractivity (Wildman–Crippen MR) is 89.6 cm³/mol. The molecule has 3 saturated carbocycles. The molecule has 0 saturated heterocycles. The monoisotopic (exact) mass is 384 g/mol. The maximum atomic E-state index is 13.1. The Kier molecular flexibility index (Phi) is 3.03. The summed E-state index contributed by atoms with van der Waals surface area (Å²) in [6.07, 6.45) is 0. The average Bonchev–Trinajstić information content (AvgIpc) is 2.99. The number of ketones is 2. The van der Waals surface area contributed by atoms with Crippen molar-refractivity contribution >= 4 is 58.0 Å². The van der Waals surface area contributed by atoms with E-state index in [1.165, 1.54) is 0 Å². The highest BCUT2D eigenvalue weighted by molar-refractivity contribution is 6.63. The zero-order chi connectivity index (χ0) is 17.3.